The highest BCUT2D eigenvalue weighted by atomic mass is 16.5. The first-order chi connectivity index (χ1) is 20.6. The molecule has 0 aliphatic heterocycles. The van der Waals surface area contributed by atoms with Crippen molar-refractivity contribution in [2.24, 2.45) is 28.6 Å². The second-order valence-corrected chi connectivity index (χ2v) is 13.5. The maximum absolute atomic E-state index is 12.9. The topological polar surface area (TPSA) is 78.9 Å². The first-order valence-corrected chi connectivity index (χ1v) is 15.7. The number of carbonyl (C=O) groups is 3. The Hall–Kier alpha value is -3.67. The van der Waals surface area contributed by atoms with Crippen LogP contribution in [-0.2, 0) is 19.0 Å². The zero-order valence-electron chi connectivity index (χ0n) is 25.6. The van der Waals surface area contributed by atoms with Crippen molar-refractivity contribution in [3.63, 3.8) is 0 Å². The number of carbonyl (C=O) groups excluding carboxylic acids is 3. The predicted molar refractivity (Wildman–Crippen MR) is 163 cm³/mol. The van der Waals surface area contributed by atoms with Crippen molar-refractivity contribution in [2.75, 3.05) is 0 Å². The minimum absolute atomic E-state index is 0.136. The number of fused-ring (bicyclic) bond motifs is 5. The number of hydrogen-bond donors (Lipinski definition) is 0. The van der Waals surface area contributed by atoms with Crippen LogP contribution in [0.25, 0.3) is 0 Å². The van der Waals surface area contributed by atoms with E-state index in [1.165, 1.54) is 18.1 Å². The van der Waals surface area contributed by atoms with Gasteiger partial charge in [-0.1, -0.05) is 56.3 Å². The average Bonchev–Trinajstić information content (AvgIpc) is 3.34. The van der Waals surface area contributed by atoms with Gasteiger partial charge in [0.25, 0.3) is 0 Å². The molecule has 0 bridgehead atoms. The minimum atomic E-state index is -0.307. The van der Waals surface area contributed by atoms with Crippen molar-refractivity contribution in [3.8, 4) is 0 Å². The van der Waals surface area contributed by atoms with Crippen LogP contribution in [0.2, 0.25) is 0 Å². The number of allylic oxidation sites excluding steroid dienone is 4. The van der Waals surface area contributed by atoms with Gasteiger partial charge in [0.1, 0.15) is 18.0 Å². The quantitative estimate of drug-likeness (QED) is 0.255. The molecule has 4 aliphatic rings. The zero-order chi connectivity index (χ0) is 30.4. The van der Waals surface area contributed by atoms with E-state index in [0.717, 1.165) is 44.3 Å². The molecule has 2 aromatic carbocycles. The maximum Gasteiger partial charge on any atom is 0.338 e. The molecular formula is C37H42O6. The third-order valence-corrected chi connectivity index (χ3v) is 10.9. The fourth-order valence-electron chi connectivity index (χ4n) is 8.83. The molecule has 6 nitrogen and oxygen atoms in total. The molecule has 0 unspecified atom stereocenters. The Morgan fingerprint density at radius 3 is 2.19 bits per heavy atom. The molecule has 0 spiro atoms. The Bertz CT molecular complexity index is 1460. The van der Waals surface area contributed by atoms with E-state index >= 15 is 0 Å². The molecular weight excluding hydrogens is 540 g/mol. The van der Waals surface area contributed by atoms with Crippen LogP contribution in [-0.4, -0.2) is 30.1 Å². The molecule has 2 fully saturated rings. The molecule has 0 saturated heterocycles. The van der Waals surface area contributed by atoms with Gasteiger partial charge in [0, 0.05) is 19.3 Å². The Morgan fingerprint density at radius 2 is 1.53 bits per heavy atom. The van der Waals surface area contributed by atoms with Gasteiger partial charge in [0.15, 0.2) is 0 Å². The number of hydrogen-bond acceptors (Lipinski definition) is 6. The van der Waals surface area contributed by atoms with Crippen LogP contribution in [0.4, 0.5) is 0 Å². The highest BCUT2D eigenvalue weighted by molar-refractivity contribution is 5.90. The van der Waals surface area contributed by atoms with Crippen LogP contribution in [0.3, 0.4) is 0 Å². The van der Waals surface area contributed by atoms with Gasteiger partial charge in [-0.15, -0.1) is 0 Å². The molecule has 6 heteroatoms. The van der Waals surface area contributed by atoms with Crippen molar-refractivity contribution in [3.05, 3.63) is 94.8 Å². The van der Waals surface area contributed by atoms with Crippen molar-refractivity contribution in [1.82, 2.24) is 0 Å². The molecule has 0 N–H and O–H groups in total. The highest BCUT2D eigenvalue weighted by Crippen LogP contribution is 2.66. The largest absolute Gasteiger partial charge is 0.459 e. The van der Waals surface area contributed by atoms with Crippen molar-refractivity contribution in [2.45, 2.75) is 84.8 Å². The van der Waals surface area contributed by atoms with E-state index in [-0.39, 0.29) is 52.8 Å². The average molecular weight is 583 g/mol. The standard InChI is InChI=1S/C37H42O6/c1-23(41-34(39)25-11-7-5-8-12-25)30-17-18-31-29-16-15-27-21-28(43-35(40)26-13-9-6-10-14-26)19-20-36(27,3)33(29)32(42-24(2)38)22-37(30,31)4/h5-14,16,23,27-28,30-31H,15,17-22H2,1-4H3/t23-,27+,28+,30+,31-,36-,37+/m0/s1. The SMILES string of the molecule is CC(=O)OC1=C2C(=CC[C@@H]3C[C@H](OC(=O)c4ccccc4)CC[C@]23C)[C@@H]2CC[C@H]([C@H](C)OC(=O)c3ccccc3)[C@@]2(C)C1. The summed E-state index contributed by atoms with van der Waals surface area (Å²) >= 11 is 0. The summed E-state index contributed by atoms with van der Waals surface area (Å²) in [7, 11) is 0. The maximum atomic E-state index is 12.9. The minimum Gasteiger partial charge on any atom is -0.459 e. The molecule has 2 saturated carbocycles. The Balaban J connectivity index is 1.25. The second kappa shape index (κ2) is 11.4. The molecule has 6 rings (SSSR count). The third-order valence-electron chi connectivity index (χ3n) is 10.9. The van der Waals surface area contributed by atoms with Crippen LogP contribution in [0.5, 0.6) is 0 Å². The summed E-state index contributed by atoms with van der Waals surface area (Å²) in [6.45, 7) is 8.09. The van der Waals surface area contributed by atoms with Gasteiger partial charge in [0.05, 0.1) is 11.1 Å². The summed E-state index contributed by atoms with van der Waals surface area (Å²) < 4.78 is 18.1. The Labute approximate surface area is 254 Å². The van der Waals surface area contributed by atoms with Crippen LogP contribution in [0, 0.1) is 28.6 Å². The number of esters is 3. The lowest BCUT2D eigenvalue weighted by Crippen LogP contribution is -2.47. The van der Waals surface area contributed by atoms with Crippen molar-refractivity contribution in [1.29, 1.82) is 0 Å². The van der Waals surface area contributed by atoms with Gasteiger partial charge in [-0.3, -0.25) is 4.79 Å². The molecule has 43 heavy (non-hydrogen) atoms. The van der Waals surface area contributed by atoms with E-state index in [2.05, 4.69) is 19.9 Å². The summed E-state index contributed by atoms with van der Waals surface area (Å²) in [6.07, 6.45) is 7.87. The summed E-state index contributed by atoms with van der Waals surface area (Å²) in [6, 6.07) is 18.3. The summed E-state index contributed by atoms with van der Waals surface area (Å²) in [5.74, 6) is 0.619. The van der Waals surface area contributed by atoms with E-state index in [9.17, 15) is 14.4 Å². The molecule has 226 valence electrons. The van der Waals surface area contributed by atoms with E-state index in [1.54, 1.807) is 24.3 Å². The zero-order valence-corrected chi connectivity index (χ0v) is 25.6. The van der Waals surface area contributed by atoms with Gasteiger partial charge in [0.2, 0.25) is 0 Å². The molecule has 0 aromatic heterocycles. The molecule has 0 heterocycles. The van der Waals surface area contributed by atoms with Gasteiger partial charge >= 0.3 is 17.9 Å². The van der Waals surface area contributed by atoms with E-state index in [1.807, 2.05) is 43.3 Å². The number of rotatable bonds is 6. The van der Waals surface area contributed by atoms with Crippen molar-refractivity contribution < 1.29 is 28.6 Å². The first kappa shape index (κ1) is 29.4. The summed E-state index contributed by atoms with van der Waals surface area (Å²) in [5.41, 5.74) is 3.26. The first-order valence-electron chi connectivity index (χ1n) is 15.7. The molecule has 4 aliphatic carbocycles. The van der Waals surface area contributed by atoms with Gasteiger partial charge in [-0.05, 0) is 104 Å². The summed E-state index contributed by atoms with van der Waals surface area (Å²) in [4.78, 5) is 38.2. The molecule has 7 atom stereocenters. The summed E-state index contributed by atoms with van der Waals surface area (Å²) in [5, 5.41) is 0. The highest BCUT2D eigenvalue weighted by Gasteiger charge is 2.59. The normalized spacial score (nSPS) is 32.0. The lowest BCUT2D eigenvalue weighted by molar-refractivity contribution is -0.138. The molecule has 0 radical (unpaired) electrons. The lowest BCUT2D eigenvalue weighted by atomic mass is 9.51. The Kier molecular flexibility index (Phi) is 7.82. The van der Waals surface area contributed by atoms with E-state index in [4.69, 9.17) is 14.2 Å². The van der Waals surface area contributed by atoms with Crippen LogP contribution < -0.4 is 0 Å². The molecule has 2 aromatic rings. The van der Waals surface area contributed by atoms with E-state index in [0.29, 0.717) is 23.5 Å². The smallest absolute Gasteiger partial charge is 0.338 e. The van der Waals surface area contributed by atoms with Gasteiger partial charge in [-0.2, -0.15) is 0 Å². The van der Waals surface area contributed by atoms with Crippen LogP contribution >= 0.6 is 0 Å². The fourth-order valence-corrected chi connectivity index (χ4v) is 8.83. The number of benzene rings is 2. The fraction of sp³-hybridized carbons (Fsp3) is 0.486. The Morgan fingerprint density at radius 1 is 0.884 bits per heavy atom. The monoisotopic (exact) mass is 582 g/mol. The van der Waals surface area contributed by atoms with Crippen LogP contribution in [0.1, 0.15) is 93.4 Å². The second-order valence-electron chi connectivity index (χ2n) is 13.5. The van der Waals surface area contributed by atoms with Gasteiger partial charge < -0.3 is 14.2 Å². The lowest BCUT2D eigenvalue weighted by Gasteiger charge is -2.54. The third kappa shape index (κ3) is 5.34. The molecule has 0 amide bonds. The van der Waals surface area contributed by atoms with E-state index < -0.39 is 0 Å². The van der Waals surface area contributed by atoms with Crippen LogP contribution in [0.15, 0.2) is 83.6 Å². The predicted octanol–water partition coefficient (Wildman–Crippen LogP) is 7.85. The number of ether oxygens (including phenoxy) is 3. The van der Waals surface area contributed by atoms with Gasteiger partial charge in [-0.25, -0.2) is 9.59 Å². The van der Waals surface area contributed by atoms with Crippen molar-refractivity contribution >= 4 is 17.9 Å².